The van der Waals surface area contributed by atoms with Crippen molar-refractivity contribution in [3.8, 4) is 0 Å². The summed E-state index contributed by atoms with van der Waals surface area (Å²) in [6.45, 7) is 0. The first-order valence-electron chi connectivity index (χ1n) is 6.07. The molecule has 1 saturated carbocycles. The molecule has 1 aromatic rings. The van der Waals surface area contributed by atoms with Crippen LogP contribution in [0, 0.1) is 0 Å². The van der Waals surface area contributed by atoms with Gasteiger partial charge in [-0.15, -0.1) is 0 Å². The summed E-state index contributed by atoms with van der Waals surface area (Å²) in [6.07, 6.45) is 5.65. The Hall–Kier alpha value is -1.05. The van der Waals surface area contributed by atoms with E-state index < -0.39 is 0 Å². The van der Waals surface area contributed by atoms with Crippen LogP contribution in [-0.4, -0.2) is 33.5 Å². The fourth-order valence-electron chi connectivity index (χ4n) is 2.13. The van der Waals surface area contributed by atoms with E-state index >= 15 is 0 Å². The van der Waals surface area contributed by atoms with Crippen molar-refractivity contribution in [1.29, 1.82) is 0 Å². The number of anilines is 2. The van der Waals surface area contributed by atoms with Crippen LogP contribution in [-0.2, 0) is 0 Å². The van der Waals surface area contributed by atoms with E-state index in [4.69, 9.17) is 5.84 Å². The number of thioether (sulfide) groups is 1. The lowest BCUT2D eigenvalue weighted by molar-refractivity contribution is 0.116. The molecule has 18 heavy (non-hydrogen) atoms. The van der Waals surface area contributed by atoms with Crippen molar-refractivity contribution in [2.24, 2.45) is 5.84 Å². The molecule has 0 amide bonds. The Morgan fingerprint density at radius 2 is 2.06 bits per heavy atom. The van der Waals surface area contributed by atoms with Crippen LogP contribution in [0.3, 0.4) is 0 Å². The number of hydrogen-bond donors (Lipinski definition) is 4. The van der Waals surface area contributed by atoms with Gasteiger partial charge in [0.05, 0.1) is 12.1 Å². The van der Waals surface area contributed by atoms with Gasteiger partial charge in [-0.3, -0.25) is 0 Å². The van der Waals surface area contributed by atoms with Gasteiger partial charge in [-0.1, -0.05) is 24.6 Å². The number of hydrazine groups is 1. The lowest BCUT2D eigenvalue weighted by Gasteiger charge is -2.28. The van der Waals surface area contributed by atoms with Crippen LogP contribution in [0.5, 0.6) is 0 Å². The molecular formula is C11H19N5OS. The quantitative estimate of drug-likeness (QED) is 0.282. The first kappa shape index (κ1) is 13.4. The fourth-order valence-corrected chi connectivity index (χ4v) is 2.51. The number of nitrogens with zero attached hydrogens (tertiary/aromatic N) is 2. The minimum Gasteiger partial charge on any atom is -0.391 e. The summed E-state index contributed by atoms with van der Waals surface area (Å²) >= 11 is 1.46. The van der Waals surface area contributed by atoms with E-state index in [1.54, 1.807) is 6.07 Å². The molecule has 1 aliphatic rings. The highest BCUT2D eigenvalue weighted by molar-refractivity contribution is 7.98. The van der Waals surface area contributed by atoms with E-state index in [0.29, 0.717) is 16.8 Å². The molecule has 2 rings (SSSR count). The molecule has 1 heterocycles. The summed E-state index contributed by atoms with van der Waals surface area (Å²) in [5.41, 5.74) is 2.52. The van der Waals surface area contributed by atoms with Gasteiger partial charge in [0.1, 0.15) is 11.6 Å². The second-order valence-corrected chi connectivity index (χ2v) is 5.15. The third kappa shape index (κ3) is 3.24. The number of nitrogen functional groups attached to an aromatic ring is 1. The number of hydrogen-bond acceptors (Lipinski definition) is 7. The summed E-state index contributed by atoms with van der Waals surface area (Å²) in [5, 5.41) is 13.9. The average molecular weight is 269 g/mol. The maximum Gasteiger partial charge on any atom is 0.191 e. The van der Waals surface area contributed by atoms with Crippen molar-refractivity contribution in [2.75, 3.05) is 17.0 Å². The van der Waals surface area contributed by atoms with Crippen molar-refractivity contribution in [3.05, 3.63) is 6.07 Å². The Balaban J connectivity index is 2.12. The molecule has 1 aliphatic carbocycles. The van der Waals surface area contributed by atoms with Crippen molar-refractivity contribution in [1.82, 2.24) is 9.97 Å². The zero-order valence-corrected chi connectivity index (χ0v) is 11.2. The Labute approximate surface area is 111 Å². The molecule has 0 spiro atoms. The molecule has 0 aliphatic heterocycles. The molecule has 0 bridgehead atoms. The molecule has 5 N–H and O–H groups in total. The topological polar surface area (TPSA) is 96.1 Å². The van der Waals surface area contributed by atoms with Gasteiger partial charge in [0.25, 0.3) is 0 Å². The lowest BCUT2D eigenvalue weighted by atomic mass is 9.93. The zero-order valence-electron chi connectivity index (χ0n) is 10.4. The molecular weight excluding hydrogens is 250 g/mol. The molecule has 2 unspecified atom stereocenters. The average Bonchev–Trinajstić information content (AvgIpc) is 2.41. The van der Waals surface area contributed by atoms with E-state index in [-0.39, 0.29) is 12.1 Å². The Morgan fingerprint density at radius 1 is 1.33 bits per heavy atom. The number of aliphatic hydroxyl groups excluding tert-OH is 1. The predicted octanol–water partition coefficient (Wildman–Crippen LogP) is 1.20. The van der Waals surface area contributed by atoms with Gasteiger partial charge in [0, 0.05) is 6.07 Å². The first-order chi connectivity index (χ1) is 8.72. The van der Waals surface area contributed by atoms with Gasteiger partial charge in [-0.2, -0.15) is 0 Å². The van der Waals surface area contributed by atoms with E-state index in [1.165, 1.54) is 11.8 Å². The third-order valence-electron chi connectivity index (χ3n) is 3.10. The van der Waals surface area contributed by atoms with Gasteiger partial charge in [0.2, 0.25) is 0 Å². The van der Waals surface area contributed by atoms with Crippen molar-refractivity contribution >= 4 is 23.4 Å². The molecule has 1 aromatic heterocycles. The Morgan fingerprint density at radius 3 is 2.72 bits per heavy atom. The summed E-state index contributed by atoms with van der Waals surface area (Å²) in [4.78, 5) is 8.56. The highest BCUT2D eigenvalue weighted by Crippen LogP contribution is 2.23. The molecule has 2 atom stereocenters. The molecule has 6 nitrogen and oxygen atoms in total. The maximum absolute atomic E-state index is 9.93. The number of nitrogens with two attached hydrogens (primary N) is 1. The summed E-state index contributed by atoms with van der Waals surface area (Å²) < 4.78 is 0. The van der Waals surface area contributed by atoms with Crippen molar-refractivity contribution < 1.29 is 5.11 Å². The highest BCUT2D eigenvalue weighted by Gasteiger charge is 2.23. The Kier molecular flexibility index (Phi) is 4.62. The zero-order chi connectivity index (χ0) is 13.0. The van der Waals surface area contributed by atoms with Crippen molar-refractivity contribution in [3.63, 3.8) is 0 Å². The number of aromatic nitrogens is 2. The summed E-state index contributed by atoms with van der Waals surface area (Å²) in [7, 11) is 0. The molecule has 0 radical (unpaired) electrons. The van der Waals surface area contributed by atoms with Gasteiger partial charge < -0.3 is 15.8 Å². The molecule has 7 heteroatoms. The lowest BCUT2D eigenvalue weighted by Crippen LogP contribution is -2.36. The van der Waals surface area contributed by atoms with Crippen LogP contribution >= 0.6 is 11.8 Å². The molecule has 100 valence electrons. The SMILES string of the molecule is CSc1nc(NN)cc(NC2CCCCC2O)n1. The minimum atomic E-state index is -0.305. The Bertz CT molecular complexity index is 381. The molecule has 0 saturated heterocycles. The number of rotatable bonds is 4. The largest absolute Gasteiger partial charge is 0.391 e. The standard InChI is InChI=1S/C11H19N5OS/c1-18-11-14-9(6-10(15-11)16-12)13-7-4-2-3-5-8(7)17/h6-8,17H,2-5,12H2,1H3,(H2,13,14,15,16). The van der Waals surface area contributed by atoms with Crippen LogP contribution in [0.2, 0.25) is 0 Å². The van der Waals surface area contributed by atoms with E-state index in [1.807, 2.05) is 6.26 Å². The number of nitrogens with one attached hydrogen (secondary N) is 2. The highest BCUT2D eigenvalue weighted by atomic mass is 32.2. The van der Waals surface area contributed by atoms with Crippen LogP contribution in [0.15, 0.2) is 11.2 Å². The minimum absolute atomic E-state index is 0.0639. The smallest absolute Gasteiger partial charge is 0.191 e. The van der Waals surface area contributed by atoms with Gasteiger partial charge >= 0.3 is 0 Å². The third-order valence-corrected chi connectivity index (χ3v) is 3.65. The second kappa shape index (κ2) is 6.21. The van der Waals surface area contributed by atoms with E-state index in [9.17, 15) is 5.11 Å². The van der Waals surface area contributed by atoms with Gasteiger partial charge in [0.15, 0.2) is 5.16 Å². The number of aliphatic hydroxyl groups is 1. The van der Waals surface area contributed by atoms with Crippen LogP contribution < -0.4 is 16.6 Å². The second-order valence-electron chi connectivity index (χ2n) is 4.37. The first-order valence-corrected chi connectivity index (χ1v) is 7.29. The van der Waals surface area contributed by atoms with Crippen LogP contribution in [0.25, 0.3) is 0 Å². The van der Waals surface area contributed by atoms with Crippen molar-refractivity contribution in [2.45, 2.75) is 43.0 Å². The fraction of sp³-hybridized carbons (Fsp3) is 0.636. The predicted molar refractivity (Wildman–Crippen MR) is 73.5 cm³/mol. The monoisotopic (exact) mass is 269 g/mol. The maximum atomic E-state index is 9.93. The molecule has 1 fully saturated rings. The van der Waals surface area contributed by atoms with E-state index in [2.05, 4.69) is 20.7 Å². The normalized spacial score (nSPS) is 23.7. The molecule has 0 aromatic carbocycles. The summed E-state index contributed by atoms with van der Waals surface area (Å²) in [5.74, 6) is 6.65. The van der Waals surface area contributed by atoms with Crippen LogP contribution in [0.1, 0.15) is 25.7 Å². The van der Waals surface area contributed by atoms with Gasteiger partial charge in [-0.05, 0) is 19.1 Å². The summed E-state index contributed by atoms with van der Waals surface area (Å²) in [6, 6.07) is 1.81. The van der Waals surface area contributed by atoms with E-state index in [0.717, 1.165) is 25.7 Å². The van der Waals surface area contributed by atoms with Crippen LogP contribution in [0.4, 0.5) is 11.6 Å². The van der Waals surface area contributed by atoms with Gasteiger partial charge in [-0.25, -0.2) is 15.8 Å².